The molecule has 1 fully saturated rings. The first kappa shape index (κ1) is 15.0. The molecule has 0 spiro atoms. The minimum atomic E-state index is 0.121. The Morgan fingerprint density at radius 3 is 2.70 bits per heavy atom. The van der Waals surface area contributed by atoms with Gasteiger partial charge in [-0.05, 0) is 38.7 Å². The van der Waals surface area contributed by atoms with E-state index in [1.165, 1.54) is 11.3 Å². The van der Waals surface area contributed by atoms with Crippen molar-refractivity contribution < 1.29 is 9.53 Å². The lowest BCUT2D eigenvalue weighted by Gasteiger charge is -2.21. The third-order valence-electron chi connectivity index (χ3n) is 4.10. The molecule has 5 nitrogen and oxygen atoms in total. The Morgan fingerprint density at radius 1 is 1.40 bits per heavy atom. The normalized spacial score (nSPS) is 16.4. The monoisotopic (exact) mass is 279 g/mol. The highest BCUT2D eigenvalue weighted by Gasteiger charge is 2.21. The smallest absolute Gasteiger partial charge is 0.223 e. The van der Waals surface area contributed by atoms with Crippen LogP contribution in [0.3, 0.4) is 0 Å². The summed E-state index contributed by atoms with van der Waals surface area (Å²) in [6.45, 7) is 9.07. The summed E-state index contributed by atoms with van der Waals surface area (Å²) in [4.78, 5) is 12.0. The van der Waals surface area contributed by atoms with Gasteiger partial charge in [-0.3, -0.25) is 9.48 Å². The van der Waals surface area contributed by atoms with Crippen LogP contribution in [0.2, 0.25) is 0 Å². The fourth-order valence-corrected chi connectivity index (χ4v) is 2.85. The maximum Gasteiger partial charge on any atom is 0.223 e. The summed E-state index contributed by atoms with van der Waals surface area (Å²) in [7, 11) is 0. The van der Waals surface area contributed by atoms with Crippen molar-refractivity contribution in [3.05, 3.63) is 17.0 Å². The zero-order chi connectivity index (χ0) is 14.5. The SMILES string of the molecule is CCc1c(C)nn(CCNC(=O)C2CCOCC2)c1C. The third kappa shape index (κ3) is 3.39. The number of aryl methyl sites for hydroxylation is 1. The summed E-state index contributed by atoms with van der Waals surface area (Å²) in [6.07, 6.45) is 2.68. The first-order valence-electron chi connectivity index (χ1n) is 7.51. The third-order valence-corrected chi connectivity index (χ3v) is 4.10. The molecule has 0 unspecified atom stereocenters. The molecule has 2 heterocycles. The second-order valence-corrected chi connectivity index (χ2v) is 5.40. The fourth-order valence-electron chi connectivity index (χ4n) is 2.85. The highest BCUT2D eigenvalue weighted by Crippen LogP contribution is 2.15. The van der Waals surface area contributed by atoms with Crippen LogP contribution in [-0.4, -0.2) is 35.4 Å². The zero-order valence-electron chi connectivity index (χ0n) is 12.7. The van der Waals surface area contributed by atoms with E-state index in [9.17, 15) is 4.79 Å². The lowest BCUT2D eigenvalue weighted by atomic mass is 9.99. The van der Waals surface area contributed by atoms with Gasteiger partial charge in [0.05, 0.1) is 12.2 Å². The van der Waals surface area contributed by atoms with Gasteiger partial charge in [0, 0.05) is 31.4 Å². The summed E-state index contributed by atoms with van der Waals surface area (Å²) in [6, 6.07) is 0. The second kappa shape index (κ2) is 6.88. The number of carbonyl (C=O) groups is 1. The topological polar surface area (TPSA) is 56.2 Å². The number of ether oxygens (including phenoxy) is 1. The van der Waals surface area contributed by atoms with Gasteiger partial charge in [0.15, 0.2) is 0 Å². The quantitative estimate of drug-likeness (QED) is 0.891. The van der Waals surface area contributed by atoms with Crippen LogP contribution in [-0.2, 0) is 22.5 Å². The van der Waals surface area contributed by atoms with Crippen molar-refractivity contribution in [1.82, 2.24) is 15.1 Å². The van der Waals surface area contributed by atoms with Crippen LogP contribution in [0, 0.1) is 19.8 Å². The van der Waals surface area contributed by atoms with Gasteiger partial charge in [0.1, 0.15) is 0 Å². The molecule has 1 N–H and O–H groups in total. The number of nitrogens with zero attached hydrogens (tertiary/aromatic N) is 2. The molecule has 1 amide bonds. The number of rotatable bonds is 5. The molecule has 1 aromatic heterocycles. The Balaban J connectivity index is 1.82. The molecule has 1 aliphatic rings. The van der Waals surface area contributed by atoms with E-state index in [4.69, 9.17) is 4.74 Å². The van der Waals surface area contributed by atoms with Gasteiger partial charge in [-0.25, -0.2) is 0 Å². The van der Waals surface area contributed by atoms with E-state index in [0.717, 1.165) is 31.5 Å². The van der Waals surface area contributed by atoms with Gasteiger partial charge in [0.2, 0.25) is 5.91 Å². The largest absolute Gasteiger partial charge is 0.381 e. The molecule has 112 valence electrons. The molecule has 20 heavy (non-hydrogen) atoms. The maximum absolute atomic E-state index is 12.0. The number of nitrogens with one attached hydrogen (secondary N) is 1. The van der Waals surface area contributed by atoms with Crippen molar-refractivity contribution in [2.24, 2.45) is 5.92 Å². The molecular formula is C15H25N3O2. The van der Waals surface area contributed by atoms with Crippen molar-refractivity contribution in [2.75, 3.05) is 19.8 Å². The summed E-state index contributed by atoms with van der Waals surface area (Å²) >= 11 is 0. The van der Waals surface area contributed by atoms with Crippen LogP contribution in [0.5, 0.6) is 0 Å². The lowest BCUT2D eigenvalue weighted by Crippen LogP contribution is -2.36. The van der Waals surface area contributed by atoms with Gasteiger partial charge in [-0.1, -0.05) is 6.92 Å². The highest BCUT2D eigenvalue weighted by molar-refractivity contribution is 5.78. The second-order valence-electron chi connectivity index (χ2n) is 5.40. The Morgan fingerprint density at radius 2 is 2.10 bits per heavy atom. The molecule has 1 aliphatic heterocycles. The van der Waals surface area contributed by atoms with Crippen LogP contribution in [0.25, 0.3) is 0 Å². The van der Waals surface area contributed by atoms with Crippen molar-refractivity contribution >= 4 is 5.91 Å². The first-order chi connectivity index (χ1) is 9.63. The Hall–Kier alpha value is -1.36. The molecule has 0 atom stereocenters. The summed E-state index contributed by atoms with van der Waals surface area (Å²) < 4.78 is 7.27. The molecule has 0 aliphatic carbocycles. The highest BCUT2D eigenvalue weighted by atomic mass is 16.5. The van der Waals surface area contributed by atoms with E-state index in [1.807, 2.05) is 11.6 Å². The maximum atomic E-state index is 12.0. The lowest BCUT2D eigenvalue weighted by molar-refractivity contribution is -0.127. The van der Waals surface area contributed by atoms with Gasteiger partial charge in [-0.2, -0.15) is 5.10 Å². The number of amides is 1. The zero-order valence-corrected chi connectivity index (χ0v) is 12.7. The number of carbonyl (C=O) groups excluding carboxylic acids is 1. The predicted molar refractivity (Wildman–Crippen MR) is 77.6 cm³/mol. The van der Waals surface area contributed by atoms with Gasteiger partial charge in [-0.15, -0.1) is 0 Å². The molecule has 1 aromatic rings. The Labute approximate surface area is 120 Å². The number of hydrogen-bond donors (Lipinski definition) is 1. The van der Waals surface area contributed by atoms with Crippen LogP contribution in [0.4, 0.5) is 0 Å². The summed E-state index contributed by atoms with van der Waals surface area (Å²) in [5.41, 5.74) is 3.63. The van der Waals surface area contributed by atoms with Crippen LogP contribution < -0.4 is 5.32 Å². The van der Waals surface area contributed by atoms with Gasteiger partial charge >= 0.3 is 0 Å². The Bertz CT molecular complexity index is 462. The van der Waals surface area contributed by atoms with Gasteiger partial charge in [0.25, 0.3) is 0 Å². The van der Waals surface area contributed by atoms with Crippen molar-refractivity contribution in [3.63, 3.8) is 0 Å². The standard InChI is InChI=1S/C15H25N3O2/c1-4-14-11(2)17-18(12(14)3)8-7-16-15(19)13-5-9-20-10-6-13/h13H,4-10H2,1-3H3,(H,16,19). The van der Waals surface area contributed by atoms with E-state index in [2.05, 4.69) is 24.3 Å². The van der Waals surface area contributed by atoms with E-state index >= 15 is 0 Å². The van der Waals surface area contributed by atoms with Crippen molar-refractivity contribution in [2.45, 2.75) is 46.6 Å². The predicted octanol–water partition coefficient (Wildman–Crippen LogP) is 1.61. The molecule has 0 saturated carbocycles. The minimum absolute atomic E-state index is 0.121. The Kier molecular flexibility index (Phi) is 5.17. The van der Waals surface area contributed by atoms with Crippen molar-refractivity contribution in [3.8, 4) is 0 Å². The van der Waals surface area contributed by atoms with E-state index in [-0.39, 0.29) is 11.8 Å². The molecule has 0 radical (unpaired) electrons. The van der Waals surface area contributed by atoms with E-state index < -0.39 is 0 Å². The number of aromatic nitrogens is 2. The minimum Gasteiger partial charge on any atom is -0.381 e. The van der Waals surface area contributed by atoms with E-state index in [0.29, 0.717) is 19.8 Å². The molecule has 0 bridgehead atoms. The summed E-state index contributed by atoms with van der Waals surface area (Å²) in [5.74, 6) is 0.279. The van der Waals surface area contributed by atoms with Crippen LogP contribution in [0.1, 0.15) is 36.7 Å². The average molecular weight is 279 g/mol. The molecule has 2 rings (SSSR count). The fraction of sp³-hybridized carbons (Fsp3) is 0.733. The first-order valence-corrected chi connectivity index (χ1v) is 7.51. The van der Waals surface area contributed by atoms with Gasteiger partial charge < -0.3 is 10.1 Å². The van der Waals surface area contributed by atoms with E-state index in [1.54, 1.807) is 0 Å². The molecule has 0 aromatic carbocycles. The number of hydrogen-bond acceptors (Lipinski definition) is 3. The molecular weight excluding hydrogens is 254 g/mol. The average Bonchev–Trinajstić information content (AvgIpc) is 2.74. The summed E-state index contributed by atoms with van der Waals surface area (Å²) in [5, 5.41) is 7.56. The van der Waals surface area contributed by atoms with Crippen molar-refractivity contribution in [1.29, 1.82) is 0 Å². The molecule has 1 saturated heterocycles. The van der Waals surface area contributed by atoms with Crippen LogP contribution in [0.15, 0.2) is 0 Å². The molecule has 5 heteroatoms. The van der Waals surface area contributed by atoms with Crippen LogP contribution >= 0.6 is 0 Å².